The zero-order valence-corrected chi connectivity index (χ0v) is 24.8. The summed E-state index contributed by atoms with van der Waals surface area (Å²) in [5, 5.41) is 19.7. The fourth-order valence-electron chi connectivity index (χ4n) is 5.92. The van der Waals surface area contributed by atoms with Crippen molar-refractivity contribution in [3.63, 3.8) is 0 Å². The summed E-state index contributed by atoms with van der Waals surface area (Å²) in [4.78, 5) is 22.7. The van der Waals surface area contributed by atoms with E-state index in [2.05, 4.69) is 45.3 Å². The predicted octanol–water partition coefficient (Wildman–Crippen LogP) is 7.07. The molecular weight excluding hydrogens is 555 g/mol. The Morgan fingerprint density at radius 1 is 1.14 bits per heavy atom. The highest BCUT2D eigenvalue weighted by Crippen LogP contribution is 2.39. The van der Waals surface area contributed by atoms with Gasteiger partial charge in [0.25, 0.3) is 0 Å². The van der Waals surface area contributed by atoms with E-state index in [4.69, 9.17) is 16.0 Å². The van der Waals surface area contributed by atoms with Gasteiger partial charge in [-0.05, 0) is 61.5 Å². The number of nitrogens with two attached hydrogens (primary N) is 1. The number of urea groups is 1. The molecule has 0 spiro atoms. The molecule has 2 heterocycles. The van der Waals surface area contributed by atoms with Gasteiger partial charge in [0.05, 0.1) is 29.2 Å². The van der Waals surface area contributed by atoms with Crippen molar-refractivity contribution < 1.29 is 9.18 Å². The summed E-state index contributed by atoms with van der Waals surface area (Å²) in [5.41, 5.74) is 12.0. The highest BCUT2D eigenvalue weighted by Gasteiger charge is 2.25. The number of hydrogen-bond acceptors (Lipinski definition) is 6. The molecule has 0 saturated heterocycles. The molecule has 0 fully saturated rings. The molecule has 1 aliphatic carbocycles. The summed E-state index contributed by atoms with van der Waals surface area (Å²) >= 11 is 0. The Morgan fingerprint density at radius 3 is 2.64 bits per heavy atom. The van der Waals surface area contributed by atoms with E-state index in [1.165, 1.54) is 11.6 Å². The summed E-state index contributed by atoms with van der Waals surface area (Å²) < 4.78 is 16.1. The molecule has 3 aromatic carbocycles. The second-order valence-electron chi connectivity index (χ2n) is 11.3. The average Bonchev–Trinajstić information content (AvgIpc) is 3.43. The van der Waals surface area contributed by atoms with Crippen LogP contribution in [-0.4, -0.2) is 33.5 Å². The van der Waals surface area contributed by atoms with Crippen molar-refractivity contribution in [3.8, 4) is 17.3 Å². The maximum Gasteiger partial charge on any atom is 0.323 e. The number of hydrogen-bond donors (Lipinski definition) is 4. The molecule has 6 rings (SSSR count). The number of nitrogen functional groups attached to an aromatic ring is 1. The van der Waals surface area contributed by atoms with E-state index in [-0.39, 0.29) is 17.2 Å². The first-order chi connectivity index (χ1) is 21.3. The zero-order chi connectivity index (χ0) is 31.0. The van der Waals surface area contributed by atoms with Gasteiger partial charge in [0.15, 0.2) is 0 Å². The van der Waals surface area contributed by atoms with E-state index >= 15 is 0 Å². The molecule has 44 heavy (non-hydrogen) atoms. The van der Waals surface area contributed by atoms with Crippen molar-refractivity contribution in [2.24, 2.45) is 0 Å². The first-order valence-corrected chi connectivity index (χ1v) is 14.6. The van der Waals surface area contributed by atoms with Crippen LogP contribution in [0.3, 0.4) is 0 Å². The van der Waals surface area contributed by atoms with Crippen LogP contribution in [-0.2, 0) is 0 Å². The number of nitriles is 1. The predicted molar refractivity (Wildman–Crippen MR) is 173 cm³/mol. The van der Waals surface area contributed by atoms with Crippen molar-refractivity contribution in [2.75, 3.05) is 23.4 Å². The van der Waals surface area contributed by atoms with E-state index in [0.29, 0.717) is 17.5 Å². The number of carbonyl (C=O) groups is 1. The van der Waals surface area contributed by atoms with Crippen LogP contribution < -0.4 is 21.7 Å². The molecule has 2 amide bonds. The second-order valence-corrected chi connectivity index (χ2v) is 11.3. The Kier molecular flexibility index (Phi) is 7.72. The van der Waals surface area contributed by atoms with Gasteiger partial charge in [-0.3, -0.25) is 4.40 Å². The van der Waals surface area contributed by atoms with E-state index in [0.717, 1.165) is 70.5 Å². The number of rotatable bonds is 6. The SMILES string of the molecule is CNC1CC=C(c2cnc(N)c3c(-c4ccc(NC(=O)Nc5cc(F)cc(C#N)c5)c5ccccc45)nc(C(C)C)n23)CC1. The minimum absolute atomic E-state index is 0.113. The monoisotopic (exact) mass is 588 g/mol. The number of fused-ring (bicyclic) bond motifs is 2. The largest absolute Gasteiger partial charge is 0.382 e. The Labute approximate surface area is 254 Å². The van der Waals surface area contributed by atoms with Gasteiger partial charge in [-0.1, -0.05) is 50.3 Å². The first kappa shape index (κ1) is 28.8. The molecule has 0 saturated carbocycles. The number of halogens is 1. The summed E-state index contributed by atoms with van der Waals surface area (Å²) in [6.45, 7) is 4.24. The first-order valence-electron chi connectivity index (χ1n) is 14.6. The molecule has 9 nitrogen and oxygen atoms in total. The average molecular weight is 589 g/mol. The van der Waals surface area contributed by atoms with E-state index in [9.17, 15) is 9.18 Å². The van der Waals surface area contributed by atoms with Crippen LogP contribution in [0.5, 0.6) is 0 Å². The molecule has 0 radical (unpaired) electrons. The third-order valence-corrected chi connectivity index (χ3v) is 8.09. The number of imidazole rings is 1. The number of benzene rings is 3. The maximum atomic E-state index is 13.9. The third-order valence-electron chi connectivity index (χ3n) is 8.09. The summed E-state index contributed by atoms with van der Waals surface area (Å²) in [6.07, 6.45) is 7.05. The molecule has 2 aromatic heterocycles. The molecule has 0 aliphatic heterocycles. The molecule has 1 aliphatic rings. The Hall–Kier alpha value is -5.27. The molecular formula is C34H33FN8O. The minimum atomic E-state index is -0.610. The number of allylic oxidation sites excluding steroid dienone is 1. The quantitative estimate of drug-likeness (QED) is 0.168. The van der Waals surface area contributed by atoms with Crippen LogP contribution in [0.2, 0.25) is 0 Å². The number of nitrogens with zero attached hydrogens (tertiary/aromatic N) is 4. The third kappa shape index (κ3) is 5.34. The lowest BCUT2D eigenvalue weighted by Gasteiger charge is -2.22. The molecule has 1 unspecified atom stereocenters. The molecule has 0 bridgehead atoms. The number of amides is 2. The van der Waals surface area contributed by atoms with Crippen LogP contribution in [0.1, 0.15) is 56.1 Å². The Balaban J connectivity index is 1.43. The van der Waals surface area contributed by atoms with E-state index < -0.39 is 11.8 Å². The molecule has 10 heteroatoms. The highest BCUT2D eigenvalue weighted by atomic mass is 19.1. The summed E-state index contributed by atoms with van der Waals surface area (Å²) in [7, 11) is 2.00. The van der Waals surface area contributed by atoms with Crippen LogP contribution in [0, 0.1) is 17.1 Å². The van der Waals surface area contributed by atoms with Gasteiger partial charge in [-0.15, -0.1) is 0 Å². The van der Waals surface area contributed by atoms with Crippen molar-refractivity contribution >= 4 is 45.1 Å². The number of anilines is 3. The van der Waals surface area contributed by atoms with Crippen LogP contribution >= 0.6 is 0 Å². The topological polar surface area (TPSA) is 133 Å². The van der Waals surface area contributed by atoms with Crippen LogP contribution in [0.4, 0.5) is 26.4 Å². The molecule has 5 N–H and O–H groups in total. The van der Waals surface area contributed by atoms with Crippen molar-refractivity contribution in [1.82, 2.24) is 19.7 Å². The minimum Gasteiger partial charge on any atom is -0.382 e. The Bertz CT molecular complexity index is 1990. The lowest BCUT2D eigenvalue weighted by Crippen LogP contribution is -2.26. The molecule has 1 atom stereocenters. The van der Waals surface area contributed by atoms with Gasteiger partial charge in [0.1, 0.15) is 28.7 Å². The number of nitrogens with one attached hydrogen (secondary N) is 3. The van der Waals surface area contributed by atoms with Gasteiger partial charge >= 0.3 is 6.03 Å². The van der Waals surface area contributed by atoms with Crippen LogP contribution in [0.25, 0.3) is 33.1 Å². The van der Waals surface area contributed by atoms with Gasteiger partial charge in [0.2, 0.25) is 0 Å². The van der Waals surface area contributed by atoms with Crippen LogP contribution in [0.15, 0.2) is 66.9 Å². The summed E-state index contributed by atoms with van der Waals surface area (Å²) in [6, 6.07) is 16.9. The lowest BCUT2D eigenvalue weighted by atomic mass is 9.93. The smallest absolute Gasteiger partial charge is 0.323 e. The molecule has 5 aromatic rings. The lowest BCUT2D eigenvalue weighted by molar-refractivity contribution is 0.262. The number of carbonyl (C=O) groups excluding carboxylic acids is 1. The normalized spacial score (nSPS) is 14.9. The second kappa shape index (κ2) is 11.8. The van der Waals surface area contributed by atoms with Gasteiger partial charge in [0, 0.05) is 28.6 Å². The van der Waals surface area contributed by atoms with Gasteiger partial charge in [-0.25, -0.2) is 19.2 Å². The Morgan fingerprint density at radius 2 is 1.93 bits per heavy atom. The standard InChI is InChI=1S/C34H33FN8O/c1-19(2)33-42-30(31-32(37)39-18-29(43(31)33)21-8-10-23(38-3)11-9-21)27-12-13-28(26-7-5-4-6-25(26)27)41-34(44)40-24-15-20(17-36)14-22(35)16-24/h4-8,12-16,18-19,23,38H,9-11H2,1-3H3,(H2,37,39)(H2,40,41,44). The fourth-order valence-corrected chi connectivity index (χ4v) is 5.92. The van der Waals surface area contributed by atoms with Gasteiger partial charge < -0.3 is 21.7 Å². The fraction of sp³-hybridized carbons (Fsp3) is 0.235. The van der Waals surface area contributed by atoms with E-state index in [1.807, 2.05) is 55.7 Å². The highest BCUT2D eigenvalue weighted by molar-refractivity contribution is 6.11. The van der Waals surface area contributed by atoms with Crippen molar-refractivity contribution in [1.29, 1.82) is 5.26 Å². The maximum absolute atomic E-state index is 13.9. The van der Waals surface area contributed by atoms with Crippen molar-refractivity contribution in [3.05, 3.63) is 89.8 Å². The molecule has 222 valence electrons. The van der Waals surface area contributed by atoms with E-state index in [1.54, 1.807) is 0 Å². The van der Waals surface area contributed by atoms with Crippen molar-refractivity contribution in [2.45, 2.75) is 45.1 Å². The van der Waals surface area contributed by atoms with Gasteiger partial charge in [-0.2, -0.15) is 5.26 Å². The number of aromatic nitrogens is 3. The summed E-state index contributed by atoms with van der Waals surface area (Å²) in [5.74, 6) is 0.797. The zero-order valence-electron chi connectivity index (χ0n) is 24.8.